The summed E-state index contributed by atoms with van der Waals surface area (Å²) in [6.45, 7) is 8.48. The maximum absolute atomic E-state index is 5.87. The smallest absolute Gasteiger partial charge is 0.146 e. The summed E-state index contributed by atoms with van der Waals surface area (Å²) in [7, 11) is 0. The predicted molar refractivity (Wildman–Crippen MR) is 81.0 cm³/mol. The molecule has 2 rings (SSSR count). The van der Waals surface area contributed by atoms with E-state index in [0.29, 0.717) is 6.61 Å². The third-order valence-corrected chi connectivity index (χ3v) is 3.33. The molecule has 0 atom stereocenters. The summed E-state index contributed by atoms with van der Waals surface area (Å²) in [4.78, 5) is 0. The number of hydrogen-bond acceptors (Lipinski definition) is 3. The molecular weight excluding hydrogens is 250 g/mol. The van der Waals surface area contributed by atoms with Gasteiger partial charge in [-0.15, -0.1) is 0 Å². The molecule has 0 saturated carbocycles. The van der Waals surface area contributed by atoms with Crippen molar-refractivity contribution in [2.45, 2.75) is 40.3 Å². The Bertz CT molecular complexity index is 546. The van der Waals surface area contributed by atoms with Crippen molar-refractivity contribution in [3.05, 3.63) is 53.0 Å². The topological polar surface area (TPSA) is 34.4 Å². The van der Waals surface area contributed by atoms with Crippen LogP contribution in [0.25, 0.3) is 0 Å². The fraction of sp³-hybridized carbons (Fsp3) is 0.412. The van der Waals surface area contributed by atoms with Gasteiger partial charge in [0.1, 0.15) is 23.9 Å². The molecule has 1 heterocycles. The van der Waals surface area contributed by atoms with E-state index < -0.39 is 0 Å². The fourth-order valence-electron chi connectivity index (χ4n) is 2.16. The van der Waals surface area contributed by atoms with Crippen LogP contribution < -0.4 is 10.1 Å². The average molecular weight is 273 g/mol. The number of nitrogens with one attached hydrogen (secondary N) is 1. The maximum atomic E-state index is 5.87. The Morgan fingerprint density at radius 3 is 2.75 bits per heavy atom. The molecule has 1 aromatic carbocycles. The van der Waals surface area contributed by atoms with Crippen molar-refractivity contribution in [2.24, 2.45) is 0 Å². The Kier molecular flexibility index (Phi) is 5.24. The van der Waals surface area contributed by atoms with Crippen molar-refractivity contribution < 1.29 is 9.15 Å². The molecule has 3 heteroatoms. The highest BCUT2D eigenvalue weighted by atomic mass is 16.5. The summed E-state index contributed by atoms with van der Waals surface area (Å²) in [6.07, 6.45) is 0.971. The minimum absolute atomic E-state index is 0.476. The number of aryl methyl sites for hydroxylation is 2. The summed E-state index contributed by atoms with van der Waals surface area (Å²) >= 11 is 0. The van der Waals surface area contributed by atoms with Crippen LogP contribution >= 0.6 is 0 Å². The quantitative estimate of drug-likeness (QED) is 0.832. The van der Waals surface area contributed by atoms with Crippen LogP contribution in [-0.4, -0.2) is 6.54 Å². The van der Waals surface area contributed by atoms with Gasteiger partial charge in [0.05, 0.1) is 6.54 Å². The van der Waals surface area contributed by atoms with Crippen molar-refractivity contribution in [2.75, 3.05) is 6.54 Å². The van der Waals surface area contributed by atoms with Crippen molar-refractivity contribution in [1.29, 1.82) is 0 Å². The molecule has 0 aliphatic carbocycles. The molecule has 0 amide bonds. The summed E-state index contributed by atoms with van der Waals surface area (Å²) < 4.78 is 11.7. The zero-order valence-electron chi connectivity index (χ0n) is 12.5. The molecule has 2 aromatic rings. The Labute approximate surface area is 121 Å². The summed E-state index contributed by atoms with van der Waals surface area (Å²) in [5.74, 6) is 2.81. The number of furan rings is 1. The number of para-hydroxylation sites is 1. The molecule has 108 valence electrons. The summed E-state index contributed by atoms with van der Waals surface area (Å²) in [5.41, 5.74) is 2.40. The first-order valence-corrected chi connectivity index (χ1v) is 7.24. The third-order valence-electron chi connectivity index (χ3n) is 3.33. The van der Waals surface area contributed by atoms with Crippen molar-refractivity contribution in [3.63, 3.8) is 0 Å². The molecule has 0 fully saturated rings. The summed E-state index contributed by atoms with van der Waals surface area (Å²) in [5, 5.41) is 3.28. The van der Waals surface area contributed by atoms with Gasteiger partial charge < -0.3 is 14.5 Å². The normalized spacial score (nSPS) is 10.8. The first-order valence-electron chi connectivity index (χ1n) is 7.24. The van der Waals surface area contributed by atoms with Gasteiger partial charge in [0.15, 0.2) is 0 Å². The van der Waals surface area contributed by atoms with Crippen LogP contribution in [0.4, 0.5) is 0 Å². The molecule has 0 aliphatic heterocycles. The molecular formula is C17H23NO2. The Hall–Kier alpha value is -1.74. The molecule has 1 aromatic heterocycles. The average Bonchev–Trinajstić information content (AvgIpc) is 2.83. The van der Waals surface area contributed by atoms with E-state index in [1.807, 2.05) is 18.2 Å². The van der Waals surface area contributed by atoms with E-state index in [4.69, 9.17) is 9.15 Å². The van der Waals surface area contributed by atoms with Crippen molar-refractivity contribution >= 4 is 0 Å². The second-order valence-corrected chi connectivity index (χ2v) is 4.85. The highest BCUT2D eigenvalue weighted by Gasteiger charge is 2.08. The number of benzene rings is 1. The fourth-order valence-corrected chi connectivity index (χ4v) is 2.16. The van der Waals surface area contributed by atoms with Crippen molar-refractivity contribution in [1.82, 2.24) is 5.32 Å². The number of hydrogen-bond donors (Lipinski definition) is 1. The molecule has 0 aliphatic rings. The minimum atomic E-state index is 0.476. The Morgan fingerprint density at radius 2 is 2.00 bits per heavy atom. The van der Waals surface area contributed by atoms with Gasteiger partial charge in [0, 0.05) is 0 Å². The van der Waals surface area contributed by atoms with Crippen LogP contribution in [0.5, 0.6) is 5.75 Å². The van der Waals surface area contributed by atoms with Crippen LogP contribution in [0.15, 0.2) is 34.7 Å². The van der Waals surface area contributed by atoms with Gasteiger partial charge >= 0.3 is 0 Å². The molecule has 0 saturated heterocycles. The van der Waals surface area contributed by atoms with Crippen LogP contribution in [0.1, 0.15) is 36.5 Å². The maximum Gasteiger partial charge on any atom is 0.146 e. The monoisotopic (exact) mass is 273 g/mol. The molecule has 0 spiro atoms. The van der Waals surface area contributed by atoms with Crippen LogP contribution in [0, 0.1) is 6.92 Å². The first kappa shape index (κ1) is 14.7. The molecule has 20 heavy (non-hydrogen) atoms. The second-order valence-electron chi connectivity index (χ2n) is 4.85. The van der Waals surface area contributed by atoms with Gasteiger partial charge in [-0.25, -0.2) is 0 Å². The van der Waals surface area contributed by atoms with E-state index >= 15 is 0 Å². The molecule has 0 unspecified atom stereocenters. The Balaban J connectivity index is 2.00. The largest absolute Gasteiger partial charge is 0.485 e. The van der Waals surface area contributed by atoms with Gasteiger partial charge in [-0.1, -0.05) is 32.0 Å². The molecule has 3 nitrogen and oxygen atoms in total. The first-order chi connectivity index (χ1) is 9.74. The van der Waals surface area contributed by atoms with E-state index in [-0.39, 0.29) is 0 Å². The highest BCUT2D eigenvalue weighted by Crippen LogP contribution is 2.21. The second kappa shape index (κ2) is 7.15. The van der Waals surface area contributed by atoms with Crippen molar-refractivity contribution in [3.8, 4) is 5.75 Å². The number of ether oxygens (including phenoxy) is 1. The van der Waals surface area contributed by atoms with E-state index in [9.17, 15) is 0 Å². The van der Waals surface area contributed by atoms with Gasteiger partial charge in [-0.2, -0.15) is 0 Å². The predicted octanol–water partition coefficient (Wildman–Crippen LogP) is 3.84. The van der Waals surface area contributed by atoms with E-state index in [2.05, 4.69) is 38.2 Å². The van der Waals surface area contributed by atoms with Gasteiger partial charge in [-0.05, 0) is 43.1 Å². The third kappa shape index (κ3) is 3.64. The van der Waals surface area contributed by atoms with E-state index in [1.54, 1.807) is 0 Å². The highest BCUT2D eigenvalue weighted by molar-refractivity contribution is 5.33. The lowest BCUT2D eigenvalue weighted by molar-refractivity contribution is 0.263. The van der Waals surface area contributed by atoms with E-state index in [0.717, 1.165) is 36.8 Å². The van der Waals surface area contributed by atoms with Crippen LogP contribution in [0.3, 0.4) is 0 Å². The van der Waals surface area contributed by atoms with Crippen LogP contribution in [0.2, 0.25) is 0 Å². The molecule has 0 radical (unpaired) electrons. The zero-order valence-corrected chi connectivity index (χ0v) is 12.5. The van der Waals surface area contributed by atoms with Gasteiger partial charge in [-0.3, -0.25) is 0 Å². The lowest BCUT2D eigenvalue weighted by Crippen LogP contribution is -2.11. The van der Waals surface area contributed by atoms with Crippen LogP contribution in [-0.2, 0) is 19.6 Å². The number of rotatable bonds is 7. The van der Waals surface area contributed by atoms with Gasteiger partial charge in [0.2, 0.25) is 0 Å². The molecule has 1 N–H and O–H groups in total. The Morgan fingerprint density at radius 1 is 1.20 bits per heavy atom. The minimum Gasteiger partial charge on any atom is -0.485 e. The SMILES string of the molecule is CCNCc1oc(COc2ccccc2CC)cc1C. The van der Waals surface area contributed by atoms with E-state index in [1.165, 1.54) is 11.1 Å². The lowest BCUT2D eigenvalue weighted by atomic mass is 10.1. The van der Waals surface area contributed by atoms with Gasteiger partial charge in [0.25, 0.3) is 0 Å². The zero-order chi connectivity index (χ0) is 14.4. The summed E-state index contributed by atoms with van der Waals surface area (Å²) in [6, 6.07) is 10.2. The molecule has 0 bridgehead atoms. The lowest BCUT2D eigenvalue weighted by Gasteiger charge is -2.08. The standard InChI is InChI=1S/C17H23NO2/c1-4-14-8-6-7-9-16(14)19-12-15-10-13(3)17(20-15)11-18-5-2/h6-10,18H,4-5,11-12H2,1-3H3.